The molecular weight excluding hydrogens is 395 g/mol. The summed E-state index contributed by atoms with van der Waals surface area (Å²) >= 11 is 0. The van der Waals surface area contributed by atoms with Gasteiger partial charge in [0.1, 0.15) is 17.2 Å². The van der Waals surface area contributed by atoms with Gasteiger partial charge >= 0.3 is 12.1 Å². The van der Waals surface area contributed by atoms with Crippen molar-refractivity contribution >= 4 is 11.8 Å². The van der Waals surface area contributed by atoms with E-state index in [4.69, 9.17) is 0 Å². The van der Waals surface area contributed by atoms with E-state index in [-0.39, 0.29) is 18.4 Å². The van der Waals surface area contributed by atoms with Crippen LogP contribution in [0.5, 0.6) is 0 Å². The van der Waals surface area contributed by atoms with E-state index in [1.165, 1.54) is 37.3 Å². The van der Waals surface area contributed by atoms with Crippen molar-refractivity contribution in [1.29, 1.82) is 0 Å². The average Bonchev–Trinajstić information content (AvgIpc) is 3.41. The maximum absolute atomic E-state index is 14.6. The lowest BCUT2D eigenvalue weighted by Crippen LogP contribution is -2.53. The molecular formula is C20H17F5N2O2. The van der Waals surface area contributed by atoms with Crippen LogP contribution in [0.1, 0.15) is 31.4 Å². The second kappa shape index (κ2) is 7.46. The molecule has 1 fully saturated rings. The summed E-state index contributed by atoms with van der Waals surface area (Å²) in [6, 6.07) is 8.90. The van der Waals surface area contributed by atoms with Crippen LogP contribution >= 0.6 is 0 Å². The molecule has 1 atom stereocenters. The van der Waals surface area contributed by atoms with Gasteiger partial charge in [0.15, 0.2) is 0 Å². The highest BCUT2D eigenvalue weighted by atomic mass is 19.4. The summed E-state index contributed by atoms with van der Waals surface area (Å²) in [5.41, 5.74) is -0.616. The van der Waals surface area contributed by atoms with E-state index in [1.807, 2.05) is 0 Å². The SMILES string of the molecule is C[C@@H](NC(=O)C1(NC(=O)C(F)(F)F)CC1)c1ccc(-c2cccc(F)c2)cc1F. The van der Waals surface area contributed by atoms with Crippen molar-refractivity contribution < 1.29 is 31.5 Å². The molecule has 0 aliphatic heterocycles. The van der Waals surface area contributed by atoms with Gasteiger partial charge in [0.2, 0.25) is 5.91 Å². The number of nitrogens with one attached hydrogen (secondary N) is 2. The fourth-order valence-electron chi connectivity index (χ4n) is 2.96. The van der Waals surface area contributed by atoms with Crippen molar-refractivity contribution in [1.82, 2.24) is 10.6 Å². The summed E-state index contributed by atoms with van der Waals surface area (Å²) in [5, 5.41) is 4.15. The van der Waals surface area contributed by atoms with Crippen molar-refractivity contribution in [2.24, 2.45) is 0 Å². The normalized spacial score (nSPS) is 16.1. The Morgan fingerprint density at radius 3 is 2.24 bits per heavy atom. The number of hydrogen-bond donors (Lipinski definition) is 2. The van der Waals surface area contributed by atoms with Crippen LogP contribution in [-0.2, 0) is 9.59 Å². The van der Waals surface area contributed by atoms with Crippen molar-refractivity contribution in [2.45, 2.75) is 37.5 Å². The highest BCUT2D eigenvalue weighted by Crippen LogP contribution is 2.37. The van der Waals surface area contributed by atoms with Gasteiger partial charge in [-0.15, -0.1) is 0 Å². The molecule has 1 aliphatic rings. The Kier molecular flexibility index (Phi) is 5.34. The number of rotatable bonds is 5. The third-order valence-electron chi connectivity index (χ3n) is 4.77. The lowest BCUT2D eigenvalue weighted by atomic mass is 10.00. The van der Waals surface area contributed by atoms with Gasteiger partial charge in [0.25, 0.3) is 0 Å². The molecule has 4 nitrogen and oxygen atoms in total. The number of carbonyl (C=O) groups excluding carboxylic acids is 2. The van der Waals surface area contributed by atoms with Crippen LogP contribution in [-0.4, -0.2) is 23.5 Å². The molecule has 154 valence electrons. The summed E-state index contributed by atoms with van der Waals surface area (Å²) < 4.78 is 65.2. The lowest BCUT2D eigenvalue weighted by Gasteiger charge is -2.22. The van der Waals surface area contributed by atoms with Crippen molar-refractivity contribution in [2.75, 3.05) is 0 Å². The zero-order valence-electron chi connectivity index (χ0n) is 15.2. The molecule has 29 heavy (non-hydrogen) atoms. The van der Waals surface area contributed by atoms with Gasteiger partial charge < -0.3 is 10.6 Å². The Morgan fingerprint density at radius 2 is 1.69 bits per heavy atom. The van der Waals surface area contributed by atoms with Crippen molar-refractivity contribution in [3.63, 3.8) is 0 Å². The molecule has 2 N–H and O–H groups in total. The molecule has 0 aromatic heterocycles. The van der Waals surface area contributed by atoms with E-state index in [1.54, 1.807) is 17.4 Å². The van der Waals surface area contributed by atoms with Gasteiger partial charge in [-0.2, -0.15) is 13.2 Å². The van der Waals surface area contributed by atoms with Gasteiger partial charge in [-0.1, -0.05) is 24.3 Å². The highest BCUT2D eigenvalue weighted by molar-refractivity contribution is 5.95. The number of carbonyl (C=O) groups is 2. The first-order valence-electron chi connectivity index (χ1n) is 8.77. The van der Waals surface area contributed by atoms with Crippen LogP contribution in [0.15, 0.2) is 42.5 Å². The Morgan fingerprint density at radius 1 is 1.03 bits per heavy atom. The highest BCUT2D eigenvalue weighted by Gasteiger charge is 2.55. The Hall–Kier alpha value is -2.97. The van der Waals surface area contributed by atoms with Crippen molar-refractivity contribution in [3.8, 4) is 11.1 Å². The van der Waals surface area contributed by atoms with Crippen LogP contribution in [0.25, 0.3) is 11.1 Å². The zero-order valence-corrected chi connectivity index (χ0v) is 15.2. The molecule has 9 heteroatoms. The fourth-order valence-corrected chi connectivity index (χ4v) is 2.96. The average molecular weight is 412 g/mol. The molecule has 0 unspecified atom stereocenters. The van der Waals surface area contributed by atoms with E-state index < -0.39 is 41.2 Å². The third-order valence-corrected chi connectivity index (χ3v) is 4.77. The zero-order chi connectivity index (χ0) is 21.4. The standard InChI is InChI=1S/C20H17F5N2O2/c1-11(26-17(28)19(7-8-19)27-18(29)20(23,24)25)15-6-5-13(10-16(15)22)12-3-2-4-14(21)9-12/h2-6,9-11H,7-8H2,1H3,(H,26,28)(H,27,29)/t11-/m1/s1. The Labute approximate surface area is 163 Å². The van der Waals surface area contributed by atoms with Crippen LogP contribution in [0.2, 0.25) is 0 Å². The molecule has 2 aromatic rings. The number of hydrogen-bond acceptors (Lipinski definition) is 2. The first-order chi connectivity index (χ1) is 13.5. The first kappa shape index (κ1) is 20.8. The van der Waals surface area contributed by atoms with Crippen LogP contribution in [0.4, 0.5) is 22.0 Å². The topological polar surface area (TPSA) is 58.2 Å². The smallest absolute Gasteiger partial charge is 0.347 e. The molecule has 0 bridgehead atoms. The van der Waals surface area contributed by atoms with Gasteiger partial charge in [0.05, 0.1) is 6.04 Å². The largest absolute Gasteiger partial charge is 0.471 e. The summed E-state index contributed by atoms with van der Waals surface area (Å²) in [5.74, 6) is -4.13. The molecule has 0 saturated heterocycles. The molecule has 0 radical (unpaired) electrons. The van der Waals surface area contributed by atoms with Crippen LogP contribution in [0, 0.1) is 11.6 Å². The van der Waals surface area contributed by atoms with E-state index in [9.17, 15) is 31.5 Å². The molecule has 2 amide bonds. The molecule has 0 heterocycles. The first-order valence-corrected chi connectivity index (χ1v) is 8.77. The van der Waals surface area contributed by atoms with Gasteiger partial charge in [-0.25, -0.2) is 8.78 Å². The predicted octanol–water partition coefficient (Wildman–Crippen LogP) is 4.02. The Bertz CT molecular complexity index is 954. The molecule has 0 spiro atoms. The monoisotopic (exact) mass is 412 g/mol. The van der Waals surface area contributed by atoms with Crippen LogP contribution < -0.4 is 10.6 Å². The van der Waals surface area contributed by atoms with Crippen LogP contribution in [0.3, 0.4) is 0 Å². The molecule has 2 aromatic carbocycles. The maximum atomic E-state index is 14.6. The third kappa shape index (κ3) is 4.55. The Balaban J connectivity index is 1.71. The van der Waals surface area contributed by atoms with E-state index in [2.05, 4.69) is 5.32 Å². The lowest BCUT2D eigenvalue weighted by molar-refractivity contribution is -0.175. The predicted molar refractivity (Wildman–Crippen MR) is 94.5 cm³/mol. The van der Waals surface area contributed by atoms with Gasteiger partial charge in [0, 0.05) is 5.56 Å². The molecule has 3 rings (SSSR count). The van der Waals surface area contributed by atoms with E-state index in [0.29, 0.717) is 11.1 Å². The van der Waals surface area contributed by atoms with Gasteiger partial charge in [-0.05, 0) is 49.1 Å². The number of alkyl halides is 3. The quantitative estimate of drug-likeness (QED) is 0.729. The number of halogens is 5. The van der Waals surface area contributed by atoms with E-state index >= 15 is 0 Å². The minimum absolute atomic E-state index is 0.0639. The van der Waals surface area contributed by atoms with Crippen molar-refractivity contribution in [3.05, 3.63) is 59.7 Å². The maximum Gasteiger partial charge on any atom is 0.471 e. The number of amides is 2. The molecule has 1 saturated carbocycles. The molecule has 1 aliphatic carbocycles. The summed E-state index contributed by atoms with van der Waals surface area (Å²) in [6.45, 7) is 1.47. The summed E-state index contributed by atoms with van der Waals surface area (Å²) in [4.78, 5) is 23.5. The van der Waals surface area contributed by atoms with E-state index in [0.717, 1.165) is 0 Å². The second-order valence-electron chi connectivity index (χ2n) is 6.98. The minimum Gasteiger partial charge on any atom is -0.347 e. The second-order valence-corrected chi connectivity index (χ2v) is 6.98. The summed E-state index contributed by atoms with van der Waals surface area (Å²) in [6.07, 6.45) is -4.97. The minimum atomic E-state index is -5.10. The van der Waals surface area contributed by atoms with Gasteiger partial charge in [-0.3, -0.25) is 9.59 Å². The fraction of sp³-hybridized carbons (Fsp3) is 0.300. The number of benzene rings is 2. The summed E-state index contributed by atoms with van der Waals surface area (Å²) in [7, 11) is 0.